The van der Waals surface area contributed by atoms with Crippen LogP contribution in [0, 0.1) is 18.3 Å². The van der Waals surface area contributed by atoms with Gasteiger partial charge in [-0.25, -0.2) is 0 Å². The van der Waals surface area contributed by atoms with Crippen molar-refractivity contribution in [3.63, 3.8) is 0 Å². The Morgan fingerprint density at radius 2 is 2.00 bits per heavy atom. The largest absolute Gasteiger partial charge is 0.497 e. The van der Waals surface area contributed by atoms with Crippen LogP contribution in [0.4, 0.5) is 0 Å². The molecule has 2 aromatic heterocycles. The van der Waals surface area contributed by atoms with Crippen molar-refractivity contribution in [2.45, 2.75) is 6.92 Å². The van der Waals surface area contributed by atoms with Crippen molar-refractivity contribution in [3.05, 3.63) is 97.2 Å². The van der Waals surface area contributed by atoms with Gasteiger partial charge in [0, 0.05) is 24.4 Å². The van der Waals surface area contributed by atoms with Gasteiger partial charge in [-0.1, -0.05) is 24.3 Å². The Hall–Kier alpha value is -4.22. The van der Waals surface area contributed by atoms with Crippen molar-refractivity contribution < 1.29 is 9.53 Å². The van der Waals surface area contributed by atoms with Crippen LogP contribution in [0.1, 0.15) is 21.5 Å². The van der Waals surface area contributed by atoms with E-state index in [1.807, 2.05) is 31.2 Å². The van der Waals surface area contributed by atoms with Gasteiger partial charge < -0.3 is 4.74 Å². The maximum atomic E-state index is 13.5. The summed E-state index contributed by atoms with van der Waals surface area (Å²) in [4.78, 5) is 26.8. The number of hydrogen-bond donors (Lipinski definition) is 0. The van der Waals surface area contributed by atoms with E-state index < -0.39 is 5.78 Å². The van der Waals surface area contributed by atoms with Crippen LogP contribution in [-0.4, -0.2) is 27.2 Å². The van der Waals surface area contributed by atoms with Crippen LogP contribution in [0.15, 0.2) is 65.7 Å². The Morgan fingerprint density at radius 1 is 1.21 bits per heavy atom. The Bertz CT molecular complexity index is 1580. The van der Waals surface area contributed by atoms with Crippen LogP contribution in [0.25, 0.3) is 17.3 Å². The average Bonchev–Trinajstić information content (AvgIpc) is 3.37. The van der Waals surface area contributed by atoms with E-state index in [1.165, 1.54) is 11.7 Å². The number of hydrogen-bond acceptors (Lipinski definition) is 6. The van der Waals surface area contributed by atoms with E-state index in [9.17, 15) is 14.9 Å². The molecule has 0 amide bonds. The van der Waals surface area contributed by atoms with E-state index in [0.29, 0.717) is 21.5 Å². The molecule has 0 radical (unpaired) electrons. The molecule has 0 unspecified atom stereocenters. The molecule has 0 saturated carbocycles. The van der Waals surface area contributed by atoms with Crippen molar-refractivity contribution in [3.8, 4) is 17.5 Å². The van der Waals surface area contributed by atoms with Gasteiger partial charge in [-0.05, 0) is 42.8 Å². The fourth-order valence-electron chi connectivity index (χ4n) is 3.42. The molecule has 4 rings (SSSR count). The lowest BCUT2D eigenvalue weighted by Crippen LogP contribution is -2.31. The second-order valence-electron chi connectivity index (χ2n) is 7.39. The fourth-order valence-corrected chi connectivity index (χ4v) is 4.52. The molecule has 0 atom stereocenters. The first-order valence-electron chi connectivity index (χ1n) is 10.0. The quantitative estimate of drug-likeness (QED) is 0.430. The zero-order chi connectivity index (χ0) is 23.5. The van der Waals surface area contributed by atoms with Crippen LogP contribution in [0.2, 0.25) is 0 Å². The summed E-state index contributed by atoms with van der Waals surface area (Å²) in [6, 6.07) is 16.0. The van der Waals surface area contributed by atoms with Gasteiger partial charge in [0.05, 0.1) is 23.5 Å². The molecule has 4 aromatic rings. The summed E-state index contributed by atoms with van der Waals surface area (Å²) in [5.41, 5.74) is 2.17. The average molecular weight is 457 g/mol. The lowest BCUT2D eigenvalue weighted by Gasteiger charge is -2.06. The molecular weight excluding hydrogens is 436 g/mol. The maximum Gasteiger partial charge on any atom is 0.273 e. The van der Waals surface area contributed by atoms with Gasteiger partial charge >= 0.3 is 0 Å². The Labute approximate surface area is 193 Å². The third-order valence-electron chi connectivity index (χ3n) is 4.99. The lowest BCUT2D eigenvalue weighted by atomic mass is 10.1. The predicted molar refractivity (Wildman–Crippen MR) is 127 cm³/mol. The van der Waals surface area contributed by atoms with Gasteiger partial charge in [0.25, 0.3) is 5.56 Å². The number of carbonyl (C=O) groups excluding carboxylic acids is 1. The van der Waals surface area contributed by atoms with Gasteiger partial charge in [-0.2, -0.15) is 10.4 Å². The molecule has 0 fully saturated rings. The number of methoxy groups -OCH3 is 1. The minimum atomic E-state index is -0.480. The number of nitriles is 1. The minimum absolute atomic E-state index is 0.113. The molecule has 33 heavy (non-hydrogen) atoms. The molecule has 2 aromatic carbocycles. The number of aryl methyl sites for hydroxylation is 2. The van der Waals surface area contributed by atoms with E-state index in [0.717, 1.165) is 22.5 Å². The van der Waals surface area contributed by atoms with E-state index in [-0.39, 0.29) is 15.8 Å². The zero-order valence-electron chi connectivity index (χ0n) is 18.3. The van der Waals surface area contributed by atoms with E-state index in [4.69, 9.17) is 4.74 Å². The minimum Gasteiger partial charge on any atom is -0.497 e. The van der Waals surface area contributed by atoms with Crippen molar-refractivity contribution in [1.82, 2.24) is 14.3 Å². The Morgan fingerprint density at radius 3 is 2.67 bits per heavy atom. The van der Waals surface area contributed by atoms with Gasteiger partial charge in [0.15, 0.2) is 0 Å². The summed E-state index contributed by atoms with van der Waals surface area (Å²) in [5, 5.41) is 14.1. The number of carbonyl (C=O) groups is 1. The second-order valence-corrected chi connectivity index (χ2v) is 8.42. The second kappa shape index (κ2) is 9.10. The number of aromatic nitrogens is 3. The molecule has 0 aliphatic carbocycles. The van der Waals surface area contributed by atoms with Gasteiger partial charge in [-0.15, -0.1) is 11.3 Å². The van der Waals surface area contributed by atoms with E-state index >= 15 is 0 Å². The first kappa shape index (κ1) is 22.0. The summed E-state index contributed by atoms with van der Waals surface area (Å²) >= 11 is 1.10. The van der Waals surface area contributed by atoms with Crippen molar-refractivity contribution in [2.75, 3.05) is 7.11 Å². The summed E-state index contributed by atoms with van der Waals surface area (Å²) in [6.07, 6.45) is 5.14. The Balaban J connectivity index is 2.05. The molecule has 0 N–H and O–H groups in total. The number of Topliss-reactive ketones (excluding diaryl/α,β-unsaturated/α-hetero) is 1. The topological polar surface area (TPSA) is 89.9 Å². The van der Waals surface area contributed by atoms with Crippen LogP contribution in [0.5, 0.6) is 5.75 Å². The molecular formula is C25H20N4O3S. The van der Waals surface area contributed by atoms with E-state index in [2.05, 4.69) is 5.10 Å². The van der Waals surface area contributed by atoms with Crippen molar-refractivity contribution in [1.29, 1.82) is 5.26 Å². The van der Waals surface area contributed by atoms with Crippen LogP contribution in [-0.2, 0) is 7.05 Å². The monoisotopic (exact) mass is 456 g/mol. The molecule has 0 aliphatic rings. The first-order chi connectivity index (χ1) is 15.9. The Kier molecular flexibility index (Phi) is 6.07. The predicted octanol–water partition coefficient (Wildman–Crippen LogP) is 2.34. The normalized spacial score (nSPS) is 12.4. The molecule has 0 bridgehead atoms. The van der Waals surface area contributed by atoms with Gasteiger partial charge in [0.2, 0.25) is 5.78 Å². The highest BCUT2D eigenvalue weighted by atomic mass is 32.1. The number of thiazole rings is 1. The van der Waals surface area contributed by atoms with Crippen molar-refractivity contribution in [2.24, 2.45) is 7.05 Å². The molecule has 8 heteroatoms. The van der Waals surface area contributed by atoms with Gasteiger partial charge in [-0.3, -0.25) is 18.8 Å². The molecule has 7 nitrogen and oxygen atoms in total. The van der Waals surface area contributed by atoms with Crippen LogP contribution in [0.3, 0.4) is 0 Å². The molecule has 0 saturated heterocycles. The molecule has 0 spiro atoms. The smallest absolute Gasteiger partial charge is 0.273 e. The standard InChI is InChI=1S/C25H20N4O3S/c1-16-6-4-8-19(10-16)29-24(31)22(11-17-14-27-28(2)15-17)33-25(29)21(13-26)23(30)18-7-5-9-20(12-18)32-3/h4-12,14-15H,1-3H3. The highest BCUT2D eigenvalue weighted by molar-refractivity contribution is 7.07. The van der Waals surface area contributed by atoms with Crippen LogP contribution >= 0.6 is 11.3 Å². The zero-order valence-corrected chi connectivity index (χ0v) is 19.1. The SMILES string of the molecule is COc1cccc(C(=O)C(C#N)=c2sc(=Cc3cnn(C)c3)c(=O)n2-c2cccc(C)c2)c1. The van der Waals surface area contributed by atoms with E-state index in [1.54, 1.807) is 60.5 Å². The highest BCUT2D eigenvalue weighted by Gasteiger charge is 2.19. The number of ketones is 1. The summed E-state index contributed by atoms with van der Waals surface area (Å²) in [5.74, 6) is 0.0259. The number of nitrogens with zero attached hydrogens (tertiary/aromatic N) is 4. The molecule has 164 valence electrons. The summed E-state index contributed by atoms with van der Waals surface area (Å²) < 4.78 is 8.94. The molecule has 0 aliphatic heterocycles. The fraction of sp³-hybridized carbons (Fsp3) is 0.120. The number of benzene rings is 2. The highest BCUT2D eigenvalue weighted by Crippen LogP contribution is 2.16. The molecule has 2 heterocycles. The van der Waals surface area contributed by atoms with Crippen molar-refractivity contribution >= 4 is 28.8 Å². The van der Waals surface area contributed by atoms with Crippen LogP contribution < -0.4 is 19.5 Å². The third-order valence-corrected chi connectivity index (χ3v) is 6.08. The summed E-state index contributed by atoms with van der Waals surface area (Å²) in [6.45, 7) is 1.92. The number of rotatable bonds is 5. The lowest BCUT2D eigenvalue weighted by molar-refractivity contribution is 0.105. The summed E-state index contributed by atoms with van der Waals surface area (Å²) in [7, 11) is 3.30. The van der Waals surface area contributed by atoms with Gasteiger partial charge in [0.1, 0.15) is 22.1 Å². The first-order valence-corrected chi connectivity index (χ1v) is 10.9. The number of ether oxygens (including phenoxy) is 1. The third kappa shape index (κ3) is 4.40. The maximum absolute atomic E-state index is 13.5.